The number of carbonyl (C=O) groups excluding carboxylic acids is 1. The van der Waals surface area contributed by atoms with E-state index in [4.69, 9.17) is 8.83 Å². The zero-order valence-corrected chi connectivity index (χ0v) is 18.6. The van der Waals surface area contributed by atoms with Gasteiger partial charge in [-0.1, -0.05) is 60.3 Å². The van der Waals surface area contributed by atoms with Gasteiger partial charge in [0.2, 0.25) is 0 Å². The quantitative estimate of drug-likeness (QED) is 0.218. The van der Waals surface area contributed by atoms with Crippen molar-refractivity contribution in [2.45, 2.75) is 25.6 Å². The molecule has 7 heteroatoms. The highest BCUT2D eigenvalue weighted by Crippen LogP contribution is 2.35. The van der Waals surface area contributed by atoms with Gasteiger partial charge in [-0.05, 0) is 31.5 Å². The van der Waals surface area contributed by atoms with Crippen molar-refractivity contribution in [3.8, 4) is 22.7 Å². The molecule has 0 saturated heterocycles. The third-order valence-electron chi connectivity index (χ3n) is 5.44. The Labute approximate surface area is 189 Å². The number of hydrogen-bond acceptors (Lipinski definition) is 6. The van der Waals surface area contributed by atoms with E-state index in [2.05, 4.69) is 27.8 Å². The van der Waals surface area contributed by atoms with E-state index in [0.717, 1.165) is 39.8 Å². The Morgan fingerprint density at radius 3 is 2.56 bits per heavy atom. The number of benzene rings is 2. The number of thioether (sulfide) groups is 1. The fourth-order valence-corrected chi connectivity index (χ4v) is 4.63. The molecule has 0 aliphatic heterocycles. The molecule has 0 spiro atoms. The van der Waals surface area contributed by atoms with E-state index in [-0.39, 0.29) is 11.5 Å². The van der Waals surface area contributed by atoms with Crippen LogP contribution >= 0.6 is 11.8 Å². The molecule has 0 radical (unpaired) electrons. The smallest absolute Gasteiger partial charge is 0.277 e. The average Bonchev–Trinajstić information content (AvgIpc) is 3.54. The number of furan rings is 1. The van der Waals surface area contributed by atoms with Crippen molar-refractivity contribution >= 4 is 28.4 Å². The summed E-state index contributed by atoms with van der Waals surface area (Å²) in [5, 5.41) is 9.49. The van der Waals surface area contributed by atoms with Gasteiger partial charge in [-0.3, -0.25) is 4.79 Å². The predicted octanol–water partition coefficient (Wildman–Crippen LogP) is 6.25. The lowest BCUT2D eigenvalue weighted by Gasteiger charge is -2.10. The summed E-state index contributed by atoms with van der Waals surface area (Å²) in [6, 6.07) is 19.9. The number of ketones is 1. The van der Waals surface area contributed by atoms with Crippen molar-refractivity contribution in [1.29, 1.82) is 0 Å². The van der Waals surface area contributed by atoms with Gasteiger partial charge in [0.15, 0.2) is 5.78 Å². The van der Waals surface area contributed by atoms with Crippen LogP contribution in [-0.4, -0.2) is 26.3 Å². The van der Waals surface area contributed by atoms with Gasteiger partial charge in [0.1, 0.15) is 5.76 Å². The number of hydrogen-bond donors (Lipinski definition) is 0. The summed E-state index contributed by atoms with van der Waals surface area (Å²) < 4.78 is 13.3. The molecule has 0 unspecified atom stereocenters. The molecular weight excluding hydrogens is 422 g/mol. The second-order valence-corrected chi connectivity index (χ2v) is 8.25. The highest BCUT2D eigenvalue weighted by atomic mass is 32.2. The third kappa shape index (κ3) is 3.54. The normalized spacial score (nSPS) is 11.3. The van der Waals surface area contributed by atoms with Crippen LogP contribution < -0.4 is 0 Å². The van der Waals surface area contributed by atoms with Crippen LogP contribution in [0.1, 0.15) is 23.0 Å². The van der Waals surface area contributed by atoms with E-state index in [0.29, 0.717) is 16.9 Å². The standard InChI is InChI=1S/C25H21N3O3S/c1-3-28-20-12-8-7-11-19(20)22(23(28)17-9-5-4-6-10-17)21(29)15-32-25-27-26-24(31-25)18-13-14-30-16(18)2/h4-14H,3,15H2,1-2H3. The second kappa shape index (κ2) is 8.51. The molecule has 0 aliphatic carbocycles. The van der Waals surface area contributed by atoms with Crippen molar-refractivity contribution in [3.05, 3.63) is 78.3 Å². The Balaban J connectivity index is 1.49. The van der Waals surface area contributed by atoms with Crippen LogP contribution in [0.2, 0.25) is 0 Å². The monoisotopic (exact) mass is 443 g/mol. The molecule has 0 aliphatic rings. The number of para-hydroxylation sites is 1. The zero-order chi connectivity index (χ0) is 22.1. The van der Waals surface area contributed by atoms with Gasteiger partial charge >= 0.3 is 0 Å². The van der Waals surface area contributed by atoms with Crippen LogP contribution in [0.25, 0.3) is 33.6 Å². The van der Waals surface area contributed by atoms with Gasteiger partial charge in [-0.25, -0.2) is 0 Å². The van der Waals surface area contributed by atoms with Crippen molar-refractivity contribution in [3.63, 3.8) is 0 Å². The molecule has 0 atom stereocenters. The maximum Gasteiger partial charge on any atom is 0.277 e. The molecule has 2 aromatic carbocycles. The molecule has 6 nitrogen and oxygen atoms in total. The first-order valence-corrected chi connectivity index (χ1v) is 11.4. The van der Waals surface area contributed by atoms with Gasteiger partial charge in [0.05, 0.1) is 28.8 Å². The summed E-state index contributed by atoms with van der Waals surface area (Å²) in [4.78, 5) is 13.5. The topological polar surface area (TPSA) is 74.1 Å². The van der Waals surface area contributed by atoms with Crippen molar-refractivity contribution in [1.82, 2.24) is 14.8 Å². The maximum atomic E-state index is 13.5. The number of carbonyl (C=O) groups is 1. The molecule has 0 fully saturated rings. The summed E-state index contributed by atoms with van der Waals surface area (Å²) in [6.45, 7) is 4.70. The molecule has 5 rings (SSSR count). The molecule has 32 heavy (non-hydrogen) atoms. The largest absolute Gasteiger partial charge is 0.469 e. The number of aryl methyl sites for hydroxylation is 2. The fourth-order valence-electron chi connectivity index (χ4n) is 3.99. The minimum atomic E-state index is 0.0245. The first-order valence-electron chi connectivity index (χ1n) is 10.4. The molecule has 3 aromatic heterocycles. The van der Waals surface area contributed by atoms with E-state index < -0.39 is 0 Å². The molecule has 0 amide bonds. The lowest BCUT2D eigenvalue weighted by Crippen LogP contribution is -2.06. The Bertz CT molecular complexity index is 1400. The van der Waals surface area contributed by atoms with Gasteiger partial charge in [0.25, 0.3) is 11.1 Å². The molecule has 160 valence electrons. The zero-order valence-electron chi connectivity index (χ0n) is 17.7. The lowest BCUT2D eigenvalue weighted by molar-refractivity contribution is 0.102. The summed E-state index contributed by atoms with van der Waals surface area (Å²) in [5.74, 6) is 1.32. The van der Waals surface area contributed by atoms with Crippen LogP contribution in [-0.2, 0) is 6.54 Å². The van der Waals surface area contributed by atoms with Crippen LogP contribution in [0.15, 0.2) is 81.0 Å². The van der Waals surface area contributed by atoms with Crippen molar-refractivity contribution in [2.75, 3.05) is 5.75 Å². The fraction of sp³-hybridized carbons (Fsp3) is 0.160. The van der Waals surface area contributed by atoms with Crippen LogP contribution in [0, 0.1) is 6.92 Å². The van der Waals surface area contributed by atoms with E-state index in [1.54, 1.807) is 12.3 Å². The van der Waals surface area contributed by atoms with Gasteiger partial charge in [-0.2, -0.15) is 0 Å². The second-order valence-electron chi connectivity index (χ2n) is 7.33. The number of rotatable bonds is 7. The minimum absolute atomic E-state index is 0.0245. The molecule has 5 aromatic rings. The summed E-state index contributed by atoms with van der Waals surface area (Å²) in [5.41, 5.74) is 4.51. The molecule has 0 N–H and O–H groups in total. The molecule has 0 saturated carbocycles. The Hall–Kier alpha value is -3.58. The predicted molar refractivity (Wildman–Crippen MR) is 125 cm³/mol. The third-order valence-corrected chi connectivity index (χ3v) is 6.25. The number of fused-ring (bicyclic) bond motifs is 1. The van der Waals surface area contributed by atoms with Gasteiger partial charge in [0, 0.05) is 17.4 Å². The molecular formula is C25H21N3O3S. The first-order chi connectivity index (χ1) is 15.7. The number of nitrogens with zero attached hydrogens (tertiary/aromatic N) is 3. The maximum absolute atomic E-state index is 13.5. The van der Waals surface area contributed by atoms with Crippen molar-refractivity contribution < 1.29 is 13.6 Å². The number of Topliss-reactive ketones (excluding diaryl/α,β-unsaturated/α-hetero) is 1. The van der Waals surface area contributed by atoms with Gasteiger partial charge in [-0.15, -0.1) is 10.2 Å². The summed E-state index contributed by atoms with van der Waals surface area (Å²) >= 11 is 1.25. The average molecular weight is 444 g/mol. The van der Waals surface area contributed by atoms with E-state index in [9.17, 15) is 4.79 Å². The molecule has 0 bridgehead atoms. The Morgan fingerprint density at radius 1 is 1.03 bits per heavy atom. The summed E-state index contributed by atoms with van der Waals surface area (Å²) in [6.07, 6.45) is 1.58. The van der Waals surface area contributed by atoms with Gasteiger partial charge < -0.3 is 13.4 Å². The Morgan fingerprint density at radius 2 is 1.81 bits per heavy atom. The summed E-state index contributed by atoms with van der Waals surface area (Å²) in [7, 11) is 0. The molecule has 3 heterocycles. The number of aromatic nitrogens is 3. The lowest BCUT2D eigenvalue weighted by atomic mass is 10.0. The van der Waals surface area contributed by atoms with E-state index >= 15 is 0 Å². The SMILES string of the molecule is CCn1c(-c2ccccc2)c(C(=O)CSc2nnc(-c3ccoc3C)o2)c2ccccc21. The van der Waals surface area contributed by atoms with E-state index in [1.807, 2.05) is 55.5 Å². The first kappa shape index (κ1) is 20.3. The van der Waals surface area contributed by atoms with Crippen LogP contribution in [0.5, 0.6) is 0 Å². The minimum Gasteiger partial charge on any atom is -0.469 e. The van der Waals surface area contributed by atoms with Crippen LogP contribution in [0.4, 0.5) is 0 Å². The van der Waals surface area contributed by atoms with Crippen molar-refractivity contribution in [2.24, 2.45) is 0 Å². The Kier molecular flexibility index (Phi) is 5.41. The highest BCUT2D eigenvalue weighted by Gasteiger charge is 2.24. The highest BCUT2D eigenvalue weighted by molar-refractivity contribution is 7.99. The van der Waals surface area contributed by atoms with E-state index in [1.165, 1.54) is 11.8 Å². The van der Waals surface area contributed by atoms with Crippen LogP contribution in [0.3, 0.4) is 0 Å².